The minimum atomic E-state index is -0.694. The minimum absolute atomic E-state index is 0.0447. The molecule has 3 aromatic rings. The number of hydrogen-bond acceptors (Lipinski definition) is 7. The number of nitrogens with one attached hydrogen (secondary N) is 1. The molecule has 0 saturated carbocycles. The second-order valence-corrected chi connectivity index (χ2v) is 5.91. The third-order valence-corrected chi connectivity index (χ3v) is 3.97. The van der Waals surface area contributed by atoms with Crippen molar-refractivity contribution >= 4 is 12.0 Å². The lowest BCUT2D eigenvalue weighted by atomic mass is 10.1. The van der Waals surface area contributed by atoms with Crippen molar-refractivity contribution in [3.63, 3.8) is 0 Å². The number of aromatic nitrogens is 4. The Balaban J connectivity index is 1.82. The van der Waals surface area contributed by atoms with E-state index in [1.165, 1.54) is 12.3 Å². The smallest absolute Gasteiger partial charge is 0.338 e. The first kappa shape index (κ1) is 19.9. The molecule has 29 heavy (non-hydrogen) atoms. The van der Waals surface area contributed by atoms with Crippen molar-refractivity contribution in [3.8, 4) is 11.6 Å². The molecular weight excluding hydrogens is 374 g/mol. The van der Waals surface area contributed by atoms with Crippen molar-refractivity contribution in [1.29, 1.82) is 0 Å². The molecular formula is C20H17N5O4. The zero-order valence-corrected chi connectivity index (χ0v) is 15.7. The van der Waals surface area contributed by atoms with Gasteiger partial charge in [-0.15, -0.1) is 0 Å². The average molecular weight is 391 g/mol. The molecule has 9 nitrogen and oxygen atoms in total. The highest BCUT2D eigenvalue weighted by atomic mass is 16.5. The van der Waals surface area contributed by atoms with E-state index in [0.29, 0.717) is 5.56 Å². The summed E-state index contributed by atoms with van der Waals surface area (Å²) in [6.07, 6.45) is 6.45. The summed E-state index contributed by atoms with van der Waals surface area (Å²) in [5.41, 5.74) is 0.526. The summed E-state index contributed by atoms with van der Waals surface area (Å²) in [5, 5.41) is 2.73. The average Bonchev–Trinajstić information content (AvgIpc) is 2.74. The van der Waals surface area contributed by atoms with Crippen LogP contribution >= 0.6 is 0 Å². The number of carbonyl (C=O) groups is 2. The van der Waals surface area contributed by atoms with Crippen LogP contribution in [0.2, 0.25) is 0 Å². The summed E-state index contributed by atoms with van der Waals surface area (Å²) in [6, 6.07) is 8.02. The van der Waals surface area contributed by atoms with Crippen molar-refractivity contribution in [2.24, 2.45) is 0 Å². The number of nitrogens with zero attached hydrogens (tertiary/aromatic N) is 4. The van der Waals surface area contributed by atoms with E-state index in [4.69, 9.17) is 4.74 Å². The molecule has 0 spiro atoms. The molecule has 0 aliphatic heterocycles. The topological polar surface area (TPSA) is 116 Å². The van der Waals surface area contributed by atoms with E-state index < -0.39 is 23.6 Å². The van der Waals surface area contributed by atoms with Crippen LogP contribution in [0.4, 0.5) is 4.79 Å². The third kappa shape index (κ3) is 4.52. The molecule has 2 heterocycles. The zero-order chi connectivity index (χ0) is 20.8. The van der Waals surface area contributed by atoms with Gasteiger partial charge < -0.3 is 10.1 Å². The SMILES string of the molecule is CCOC(=O)c1ccc([C@@H](C)NC(=O)n2c(-c3n[c]ccn3)n[c]cc2=O)cc1. The van der Waals surface area contributed by atoms with E-state index >= 15 is 0 Å². The Labute approximate surface area is 166 Å². The van der Waals surface area contributed by atoms with Crippen molar-refractivity contribution in [2.75, 3.05) is 6.61 Å². The first-order chi connectivity index (χ1) is 14.0. The normalized spacial score (nSPS) is 11.5. The number of esters is 1. The fourth-order valence-electron chi connectivity index (χ4n) is 2.55. The molecule has 2 radical (unpaired) electrons. The van der Waals surface area contributed by atoms with Crippen LogP contribution in [0.1, 0.15) is 35.8 Å². The summed E-state index contributed by atoms with van der Waals surface area (Å²) in [6.45, 7) is 3.77. The Kier molecular flexibility index (Phi) is 6.08. The van der Waals surface area contributed by atoms with Crippen LogP contribution < -0.4 is 10.9 Å². The van der Waals surface area contributed by atoms with Crippen molar-refractivity contribution in [1.82, 2.24) is 24.8 Å². The van der Waals surface area contributed by atoms with E-state index in [2.05, 4.69) is 32.7 Å². The van der Waals surface area contributed by atoms with Gasteiger partial charge in [-0.25, -0.2) is 29.1 Å². The molecule has 0 unspecified atom stereocenters. The molecule has 9 heteroatoms. The second-order valence-electron chi connectivity index (χ2n) is 5.91. The van der Waals surface area contributed by atoms with E-state index in [9.17, 15) is 14.4 Å². The van der Waals surface area contributed by atoms with Crippen LogP contribution in [-0.2, 0) is 4.74 Å². The molecule has 1 atom stereocenters. The summed E-state index contributed by atoms with van der Waals surface area (Å²) < 4.78 is 5.78. The van der Waals surface area contributed by atoms with Crippen molar-refractivity contribution in [3.05, 3.63) is 76.5 Å². The van der Waals surface area contributed by atoms with Gasteiger partial charge in [-0.1, -0.05) is 12.1 Å². The quantitative estimate of drug-likeness (QED) is 0.659. The van der Waals surface area contributed by atoms with Crippen molar-refractivity contribution in [2.45, 2.75) is 19.9 Å². The maximum absolute atomic E-state index is 12.8. The molecule has 146 valence electrons. The maximum Gasteiger partial charge on any atom is 0.338 e. The first-order valence-corrected chi connectivity index (χ1v) is 8.78. The van der Waals surface area contributed by atoms with Gasteiger partial charge in [-0.05, 0) is 37.6 Å². The van der Waals surface area contributed by atoms with Gasteiger partial charge in [-0.3, -0.25) is 4.79 Å². The van der Waals surface area contributed by atoms with Crippen LogP contribution in [0.3, 0.4) is 0 Å². The largest absolute Gasteiger partial charge is 0.462 e. The van der Waals surface area contributed by atoms with Gasteiger partial charge >= 0.3 is 12.0 Å². The zero-order valence-electron chi connectivity index (χ0n) is 15.7. The fourth-order valence-corrected chi connectivity index (χ4v) is 2.55. The number of amides is 1. The second kappa shape index (κ2) is 8.87. The van der Waals surface area contributed by atoms with E-state index in [1.54, 1.807) is 38.1 Å². The Bertz CT molecular complexity index is 1060. The molecule has 0 saturated heterocycles. The third-order valence-electron chi connectivity index (χ3n) is 3.97. The van der Waals surface area contributed by atoms with E-state index in [0.717, 1.165) is 16.2 Å². The van der Waals surface area contributed by atoms with Gasteiger partial charge in [0.1, 0.15) is 0 Å². The highest BCUT2D eigenvalue weighted by molar-refractivity contribution is 5.89. The van der Waals surface area contributed by atoms with Crippen molar-refractivity contribution < 1.29 is 14.3 Å². The van der Waals surface area contributed by atoms with Crippen LogP contribution in [-0.4, -0.2) is 38.1 Å². The first-order valence-electron chi connectivity index (χ1n) is 8.78. The van der Waals surface area contributed by atoms with Gasteiger partial charge in [-0.2, -0.15) is 0 Å². The number of hydrogen-bond donors (Lipinski definition) is 1. The van der Waals surface area contributed by atoms with Gasteiger partial charge in [0.05, 0.1) is 30.6 Å². The number of benzene rings is 1. The molecule has 2 aromatic heterocycles. The molecule has 1 aromatic carbocycles. The molecule has 1 N–H and O–H groups in total. The summed E-state index contributed by atoms with van der Waals surface area (Å²) in [5.74, 6) is -0.391. The van der Waals surface area contributed by atoms with Gasteiger partial charge in [0.15, 0.2) is 11.6 Å². The van der Waals surface area contributed by atoms with E-state index in [-0.39, 0.29) is 18.3 Å². The minimum Gasteiger partial charge on any atom is -0.462 e. The van der Waals surface area contributed by atoms with E-state index in [1.807, 2.05) is 0 Å². The number of carbonyl (C=O) groups excluding carboxylic acids is 2. The number of rotatable bonds is 5. The van der Waals surface area contributed by atoms with Crippen LogP contribution in [0.15, 0.2) is 47.4 Å². The van der Waals surface area contributed by atoms with Gasteiger partial charge in [0.2, 0.25) is 0 Å². The Morgan fingerprint density at radius 3 is 2.62 bits per heavy atom. The Hall–Kier alpha value is -3.88. The van der Waals surface area contributed by atoms with Crippen LogP contribution in [0.25, 0.3) is 11.6 Å². The highest BCUT2D eigenvalue weighted by Crippen LogP contribution is 2.15. The molecule has 3 rings (SSSR count). The Morgan fingerprint density at radius 2 is 1.97 bits per heavy atom. The Morgan fingerprint density at radius 1 is 1.21 bits per heavy atom. The molecule has 0 aliphatic rings. The summed E-state index contributed by atoms with van der Waals surface area (Å²) in [4.78, 5) is 48.6. The standard InChI is InChI=1S/C20H17N5O4/c1-3-29-19(27)15-7-5-14(6-8-15)13(2)24-20(28)25-16(26)9-12-23-18(25)17-21-10-4-11-22-17/h4-10,13H,3H2,1-2H3,(H,24,28)/t13-/m1/s1. The van der Waals surface area contributed by atoms with Gasteiger partial charge in [0, 0.05) is 12.3 Å². The van der Waals surface area contributed by atoms with Gasteiger partial charge in [0.25, 0.3) is 5.56 Å². The number of ether oxygens (including phenoxy) is 1. The summed E-state index contributed by atoms with van der Waals surface area (Å²) >= 11 is 0. The van der Waals surface area contributed by atoms with Crippen LogP contribution in [0.5, 0.6) is 0 Å². The molecule has 0 aliphatic carbocycles. The summed E-state index contributed by atoms with van der Waals surface area (Å²) in [7, 11) is 0. The maximum atomic E-state index is 12.8. The highest BCUT2D eigenvalue weighted by Gasteiger charge is 2.19. The molecule has 0 bridgehead atoms. The predicted molar refractivity (Wildman–Crippen MR) is 102 cm³/mol. The fraction of sp³-hybridized carbons (Fsp3) is 0.200. The lowest BCUT2D eigenvalue weighted by Crippen LogP contribution is -2.38. The van der Waals surface area contributed by atoms with Crippen LogP contribution in [0, 0.1) is 12.4 Å². The lowest BCUT2D eigenvalue weighted by molar-refractivity contribution is 0.0526. The predicted octanol–water partition coefficient (Wildman–Crippen LogP) is 1.80. The lowest BCUT2D eigenvalue weighted by Gasteiger charge is -2.16. The molecule has 0 fully saturated rings. The molecule has 1 amide bonds. The monoisotopic (exact) mass is 391 g/mol.